The van der Waals surface area contributed by atoms with E-state index in [9.17, 15) is 0 Å². The quantitative estimate of drug-likeness (QED) is 0.630. The van der Waals surface area contributed by atoms with Crippen LogP contribution in [0.2, 0.25) is 0 Å². The molecule has 0 radical (unpaired) electrons. The highest BCUT2D eigenvalue weighted by atomic mass is 16.5. The van der Waals surface area contributed by atoms with Gasteiger partial charge in [0, 0.05) is 11.1 Å². The number of methoxy groups -OCH3 is 3. The lowest BCUT2D eigenvalue weighted by Crippen LogP contribution is -2.29. The van der Waals surface area contributed by atoms with Crippen molar-refractivity contribution in [2.45, 2.75) is 6.04 Å². The molecule has 0 spiro atoms. The van der Waals surface area contributed by atoms with Crippen molar-refractivity contribution < 1.29 is 14.2 Å². The molecular formula is C16H20N2O3. The second-order valence-corrected chi connectivity index (χ2v) is 4.45. The molecule has 5 heteroatoms. The fourth-order valence-electron chi connectivity index (χ4n) is 2.32. The number of hydrogen-bond acceptors (Lipinski definition) is 5. The minimum atomic E-state index is -0.272. The van der Waals surface area contributed by atoms with Crippen LogP contribution in [0.3, 0.4) is 0 Å². The van der Waals surface area contributed by atoms with Crippen molar-refractivity contribution in [3.05, 3.63) is 53.6 Å². The molecule has 5 nitrogen and oxygen atoms in total. The average molecular weight is 288 g/mol. The molecule has 0 fully saturated rings. The number of rotatable bonds is 6. The van der Waals surface area contributed by atoms with Gasteiger partial charge in [-0.15, -0.1) is 0 Å². The molecule has 0 saturated carbocycles. The zero-order valence-electron chi connectivity index (χ0n) is 12.4. The first-order chi connectivity index (χ1) is 10.2. The van der Waals surface area contributed by atoms with E-state index in [4.69, 9.17) is 20.1 Å². The van der Waals surface area contributed by atoms with E-state index < -0.39 is 0 Å². The summed E-state index contributed by atoms with van der Waals surface area (Å²) in [6.45, 7) is 0. The summed E-state index contributed by atoms with van der Waals surface area (Å²) < 4.78 is 16.1. The molecule has 1 atom stereocenters. The van der Waals surface area contributed by atoms with E-state index in [-0.39, 0.29) is 6.04 Å². The minimum absolute atomic E-state index is 0.272. The van der Waals surface area contributed by atoms with E-state index in [1.54, 1.807) is 21.3 Å². The average Bonchev–Trinajstić information content (AvgIpc) is 2.55. The lowest BCUT2D eigenvalue weighted by atomic mass is 9.97. The van der Waals surface area contributed by atoms with Crippen molar-refractivity contribution in [3.63, 3.8) is 0 Å². The fourth-order valence-corrected chi connectivity index (χ4v) is 2.32. The topological polar surface area (TPSA) is 65.7 Å². The van der Waals surface area contributed by atoms with Gasteiger partial charge in [-0.05, 0) is 24.3 Å². The Bertz CT molecular complexity index is 602. The van der Waals surface area contributed by atoms with Gasteiger partial charge in [0.15, 0.2) is 0 Å². The maximum Gasteiger partial charge on any atom is 0.124 e. The Morgan fingerprint density at radius 2 is 1.52 bits per heavy atom. The molecule has 3 N–H and O–H groups in total. The van der Waals surface area contributed by atoms with Crippen LogP contribution in [0, 0.1) is 0 Å². The van der Waals surface area contributed by atoms with E-state index in [1.807, 2.05) is 42.5 Å². The SMILES string of the molecule is COc1ccc(OC)c(C(NN)c2ccccc2OC)c1. The lowest BCUT2D eigenvalue weighted by molar-refractivity contribution is 0.388. The van der Waals surface area contributed by atoms with E-state index in [0.717, 1.165) is 28.4 Å². The second-order valence-electron chi connectivity index (χ2n) is 4.45. The maximum absolute atomic E-state index is 5.77. The normalized spacial score (nSPS) is 11.8. The molecule has 2 aromatic carbocycles. The highest BCUT2D eigenvalue weighted by molar-refractivity contribution is 5.49. The van der Waals surface area contributed by atoms with Gasteiger partial charge in [0.25, 0.3) is 0 Å². The molecule has 0 heterocycles. The van der Waals surface area contributed by atoms with Crippen molar-refractivity contribution in [1.29, 1.82) is 0 Å². The van der Waals surface area contributed by atoms with Crippen molar-refractivity contribution in [1.82, 2.24) is 5.43 Å². The van der Waals surface area contributed by atoms with Gasteiger partial charge in [-0.25, -0.2) is 5.43 Å². The first-order valence-electron chi connectivity index (χ1n) is 6.56. The van der Waals surface area contributed by atoms with Gasteiger partial charge in [0.2, 0.25) is 0 Å². The van der Waals surface area contributed by atoms with Gasteiger partial charge in [-0.2, -0.15) is 0 Å². The summed E-state index contributed by atoms with van der Waals surface area (Å²) in [6, 6.07) is 13.0. The van der Waals surface area contributed by atoms with Gasteiger partial charge in [-0.3, -0.25) is 5.84 Å². The van der Waals surface area contributed by atoms with Gasteiger partial charge < -0.3 is 14.2 Å². The smallest absolute Gasteiger partial charge is 0.124 e. The molecule has 0 aliphatic heterocycles. The van der Waals surface area contributed by atoms with Crippen molar-refractivity contribution in [2.75, 3.05) is 21.3 Å². The molecule has 1 unspecified atom stereocenters. The largest absolute Gasteiger partial charge is 0.497 e. The molecule has 0 amide bonds. The van der Waals surface area contributed by atoms with Crippen LogP contribution >= 0.6 is 0 Å². The zero-order valence-corrected chi connectivity index (χ0v) is 12.4. The minimum Gasteiger partial charge on any atom is -0.497 e. The molecule has 2 rings (SSSR count). The van der Waals surface area contributed by atoms with Crippen LogP contribution in [0.5, 0.6) is 17.2 Å². The number of para-hydroxylation sites is 1. The van der Waals surface area contributed by atoms with Crippen LogP contribution < -0.4 is 25.5 Å². The Labute approximate surface area is 124 Å². The summed E-state index contributed by atoms with van der Waals surface area (Å²) in [4.78, 5) is 0. The van der Waals surface area contributed by atoms with Crippen molar-refractivity contribution in [3.8, 4) is 17.2 Å². The highest BCUT2D eigenvalue weighted by Gasteiger charge is 2.21. The maximum atomic E-state index is 5.77. The van der Waals surface area contributed by atoms with Crippen molar-refractivity contribution >= 4 is 0 Å². The third-order valence-corrected chi connectivity index (χ3v) is 3.36. The number of benzene rings is 2. The molecule has 0 saturated heterocycles. The predicted molar refractivity (Wildman–Crippen MR) is 81.7 cm³/mol. The van der Waals surface area contributed by atoms with Gasteiger partial charge in [0.1, 0.15) is 17.2 Å². The van der Waals surface area contributed by atoms with Crippen LogP contribution in [-0.4, -0.2) is 21.3 Å². The van der Waals surface area contributed by atoms with Crippen LogP contribution in [0.4, 0.5) is 0 Å². The molecule has 21 heavy (non-hydrogen) atoms. The van der Waals surface area contributed by atoms with E-state index in [1.165, 1.54) is 0 Å². The fraction of sp³-hybridized carbons (Fsp3) is 0.250. The summed E-state index contributed by atoms with van der Waals surface area (Å²) in [5, 5.41) is 0. The van der Waals surface area contributed by atoms with E-state index in [0.29, 0.717) is 0 Å². The van der Waals surface area contributed by atoms with Crippen LogP contribution in [0.1, 0.15) is 17.2 Å². The summed E-state index contributed by atoms with van der Waals surface area (Å²) in [5.41, 5.74) is 4.62. The number of nitrogens with one attached hydrogen (secondary N) is 1. The van der Waals surface area contributed by atoms with Gasteiger partial charge in [-0.1, -0.05) is 18.2 Å². The first-order valence-corrected chi connectivity index (χ1v) is 6.56. The van der Waals surface area contributed by atoms with Crippen LogP contribution in [-0.2, 0) is 0 Å². The third-order valence-electron chi connectivity index (χ3n) is 3.36. The van der Waals surface area contributed by atoms with Gasteiger partial charge in [0.05, 0.1) is 27.4 Å². The number of hydrogen-bond donors (Lipinski definition) is 2. The Morgan fingerprint density at radius 1 is 0.857 bits per heavy atom. The molecular weight excluding hydrogens is 268 g/mol. The third kappa shape index (κ3) is 3.09. The Balaban J connectivity index is 2.55. The number of ether oxygens (including phenoxy) is 3. The Kier molecular flexibility index (Phi) is 5.03. The summed E-state index contributed by atoms with van der Waals surface area (Å²) >= 11 is 0. The van der Waals surface area contributed by atoms with Crippen LogP contribution in [0.15, 0.2) is 42.5 Å². The van der Waals surface area contributed by atoms with Gasteiger partial charge >= 0.3 is 0 Å². The highest BCUT2D eigenvalue weighted by Crippen LogP contribution is 2.36. The Hall–Kier alpha value is -2.24. The standard InChI is InChI=1S/C16H20N2O3/c1-19-11-8-9-15(21-3)13(10-11)16(18-17)12-6-4-5-7-14(12)20-2/h4-10,16,18H,17H2,1-3H3. The first kappa shape index (κ1) is 15.2. The molecule has 0 aliphatic carbocycles. The molecule has 0 aromatic heterocycles. The summed E-state index contributed by atoms with van der Waals surface area (Å²) in [6.07, 6.45) is 0. The monoisotopic (exact) mass is 288 g/mol. The number of nitrogens with two attached hydrogens (primary N) is 1. The predicted octanol–water partition coefficient (Wildman–Crippen LogP) is 2.27. The molecule has 112 valence electrons. The molecule has 0 aliphatic rings. The Morgan fingerprint density at radius 3 is 2.14 bits per heavy atom. The number of hydrazine groups is 1. The lowest BCUT2D eigenvalue weighted by Gasteiger charge is -2.22. The summed E-state index contributed by atoms with van der Waals surface area (Å²) in [7, 11) is 4.88. The molecule has 2 aromatic rings. The van der Waals surface area contributed by atoms with Crippen molar-refractivity contribution in [2.24, 2.45) is 5.84 Å². The second kappa shape index (κ2) is 6.97. The van der Waals surface area contributed by atoms with E-state index in [2.05, 4.69) is 5.43 Å². The molecule has 0 bridgehead atoms. The van der Waals surface area contributed by atoms with Crippen LogP contribution in [0.25, 0.3) is 0 Å². The zero-order chi connectivity index (χ0) is 15.2. The summed E-state index contributed by atoms with van der Waals surface area (Å²) in [5.74, 6) is 7.99. The van der Waals surface area contributed by atoms with E-state index >= 15 is 0 Å².